The van der Waals surface area contributed by atoms with Crippen molar-refractivity contribution in [3.63, 3.8) is 0 Å². The molecule has 0 fully saturated rings. The first-order valence-corrected chi connectivity index (χ1v) is 15.4. The zero-order valence-corrected chi connectivity index (χ0v) is 24.7. The lowest BCUT2D eigenvalue weighted by atomic mass is 9.97. The van der Waals surface area contributed by atoms with Crippen molar-refractivity contribution in [3.8, 4) is 33.9 Å². The van der Waals surface area contributed by atoms with Gasteiger partial charge in [-0.1, -0.05) is 12.1 Å². The van der Waals surface area contributed by atoms with Crippen molar-refractivity contribution in [1.29, 1.82) is 0 Å². The Hall–Kier alpha value is -5.10. The summed E-state index contributed by atoms with van der Waals surface area (Å²) in [5.74, 6) is -0.464. The molecule has 3 aromatic carbocycles. The minimum absolute atomic E-state index is 0.143. The van der Waals surface area contributed by atoms with E-state index in [4.69, 9.17) is 8.83 Å². The molecule has 1 N–H and O–H groups in total. The van der Waals surface area contributed by atoms with Crippen LogP contribution in [0.2, 0.25) is 0 Å². The van der Waals surface area contributed by atoms with Crippen LogP contribution in [0.5, 0.6) is 0 Å². The predicted molar refractivity (Wildman–Crippen MR) is 164 cm³/mol. The summed E-state index contributed by atoms with van der Waals surface area (Å²) in [7, 11) is -2.53. The average Bonchev–Trinajstić information content (AvgIpc) is 3.62. The molecule has 9 nitrogen and oxygen atoms in total. The van der Waals surface area contributed by atoms with E-state index in [1.165, 1.54) is 44.3 Å². The van der Waals surface area contributed by atoms with E-state index in [-0.39, 0.29) is 22.6 Å². The number of carbonyl (C=O) groups excluding carboxylic acids is 1. The van der Waals surface area contributed by atoms with Crippen LogP contribution in [0, 0.1) is 5.82 Å². The number of carbonyl (C=O) groups is 1. The first kappa shape index (κ1) is 29.0. The molecule has 1 amide bonds. The van der Waals surface area contributed by atoms with Gasteiger partial charge in [0.05, 0.1) is 23.5 Å². The van der Waals surface area contributed by atoms with Gasteiger partial charge in [0.15, 0.2) is 11.2 Å². The molecule has 6 rings (SSSR count). The maximum atomic E-state index is 14.1. The molecular weight excluding hydrogens is 590 g/mol. The highest BCUT2D eigenvalue weighted by Crippen LogP contribution is 2.43. The molecule has 0 aliphatic carbocycles. The van der Waals surface area contributed by atoms with Gasteiger partial charge in [-0.05, 0) is 67.1 Å². The molecule has 0 aliphatic heterocycles. The molecule has 224 valence electrons. The van der Waals surface area contributed by atoms with E-state index in [1.54, 1.807) is 48.7 Å². The Morgan fingerprint density at radius 1 is 0.977 bits per heavy atom. The summed E-state index contributed by atoms with van der Waals surface area (Å²) in [4.78, 5) is 21.9. The summed E-state index contributed by atoms with van der Waals surface area (Å²) in [6.07, 6.45) is 2.60. The van der Waals surface area contributed by atoms with E-state index >= 15 is 0 Å². The van der Waals surface area contributed by atoms with Crippen LogP contribution in [0.25, 0.3) is 56.1 Å². The number of benzene rings is 3. The molecule has 1 unspecified atom stereocenters. The number of anilines is 1. The highest BCUT2D eigenvalue weighted by atomic mass is 32.2. The molecular formula is C32H26F2N4O5S. The summed E-state index contributed by atoms with van der Waals surface area (Å²) >= 11 is 0. The molecule has 0 saturated heterocycles. The van der Waals surface area contributed by atoms with Gasteiger partial charge in [-0.15, -0.1) is 0 Å². The second kappa shape index (κ2) is 11.2. The van der Waals surface area contributed by atoms with Gasteiger partial charge >= 0.3 is 0 Å². The average molecular weight is 617 g/mol. The minimum atomic E-state index is -4.00. The SMILES string of the molecule is CNC(=O)c1c(-c2ccc(F)cc2)oc2cc(N(C(C)CF)S(C)(=O)=O)c(-c3cccc(-c4nc5ncccc5o4)c3)cc12. The fraction of sp³-hybridized carbons (Fsp3) is 0.156. The number of nitrogens with one attached hydrogen (secondary N) is 1. The number of alkyl halides is 1. The maximum Gasteiger partial charge on any atom is 0.255 e. The summed E-state index contributed by atoms with van der Waals surface area (Å²) in [6, 6.07) is 18.0. The van der Waals surface area contributed by atoms with Crippen molar-refractivity contribution in [1.82, 2.24) is 15.3 Å². The molecule has 44 heavy (non-hydrogen) atoms. The van der Waals surface area contributed by atoms with Gasteiger partial charge in [-0.2, -0.15) is 4.98 Å². The van der Waals surface area contributed by atoms with Crippen LogP contribution in [0.4, 0.5) is 14.5 Å². The van der Waals surface area contributed by atoms with Crippen molar-refractivity contribution in [2.24, 2.45) is 0 Å². The van der Waals surface area contributed by atoms with Crippen molar-refractivity contribution >= 4 is 43.8 Å². The lowest BCUT2D eigenvalue weighted by molar-refractivity contribution is 0.0964. The van der Waals surface area contributed by atoms with E-state index in [1.807, 2.05) is 0 Å². The molecule has 0 radical (unpaired) electrons. The van der Waals surface area contributed by atoms with E-state index in [0.717, 1.165) is 10.6 Å². The topological polar surface area (TPSA) is 119 Å². The number of rotatable bonds is 8. The fourth-order valence-electron chi connectivity index (χ4n) is 5.22. The molecule has 0 bridgehead atoms. The fourth-order valence-corrected chi connectivity index (χ4v) is 6.44. The predicted octanol–water partition coefficient (Wildman–Crippen LogP) is 6.59. The van der Waals surface area contributed by atoms with Gasteiger partial charge in [-0.3, -0.25) is 9.10 Å². The molecule has 0 aliphatic rings. The Kier molecular flexibility index (Phi) is 7.38. The number of pyridine rings is 1. The third kappa shape index (κ3) is 5.17. The maximum absolute atomic E-state index is 14.1. The molecule has 12 heteroatoms. The second-order valence-electron chi connectivity index (χ2n) is 10.2. The molecule has 0 spiro atoms. The standard InChI is InChI=1S/C32H26F2N4O5S/c1-18(17-33)38(44(3,40)41)25-16-27-24(28(31(39)35-2)29(42-27)19-9-11-22(34)12-10-19)15-23(25)20-6-4-7-21(14-20)32-37-30-26(43-32)8-5-13-36-30/h4-16,18H,17H2,1-3H3,(H,35,39). The quantitative estimate of drug-likeness (QED) is 0.205. The van der Waals surface area contributed by atoms with E-state index in [9.17, 15) is 22.0 Å². The van der Waals surface area contributed by atoms with Crippen LogP contribution in [-0.4, -0.2) is 50.3 Å². The van der Waals surface area contributed by atoms with Gasteiger partial charge in [0.1, 0.15) is 23.8 Å². The summed E-state index contributed by atoms with van der Waals surface area (Å²) < 4.78 is 67.1. The molecule has 3 aromatic heterocycles. The Labute approximate surface area is 251 Å². The summed E-state index contributed by atoms with van der Waals surface area (Å²) in [6.45, 7) is 0.502. The van der Waals surface area contributed by atoms with E-state index < -0.39 is 34.5 Å². The molecule has 6 aromatic rings. The lowest BCUT2D eigenvalue weighted by Gasteiger charge is -2.29. The third-order valence-corrected chi connectivity index (χ3v) is 8.44. The van der Waals surface area contributed by atoms with Crippen LogP contribution in [0.3, 0.4) is 0 Å². The van der Waals surface area contributed by atoms with E-state index in [2.05, 4.69) is 15.3 Å². The number of oxazole rings is 1. The first-order chi connectivity index (χ1) is 21.1. The van der Waals surface area contributed by atoms with Crippen LogP contribution in [-0.2, 0) is 10.0 Å². The summed E-state index contributed by atoms with van der Waals surface area (Å²) in [5, 5.41) is 2.99. The molecule has 0 saturated carbocycles. The third-order valence-electron chi connectivity index (χ3n) is 7.17. The van der Waals surface area contributed by atoms with Gasteiger partial charge in [0.2, 0.25) is 15.9 Å². The zero-order valence-electron chi connectivity index (χ0n) is 23.8. The van der Waals surface area contributed by atoms with Crippen molar-refractivity contribution < 1.29 is 30.8 Å². The second-order valence-corrected chi connectivity index (χ2v) is 12.1. The Morgan fingerprint density at radius 2 is 1.73 bits per heavy atom. The normalized spacial score (nSPS) is 12.5. The van der Waals surface area contributed by atoms with Gasteiger partial charge in [-0.25, -0.2) is 22.2 Å². The zero-order chi connectivity index (χ0) is 31.2. The molecule has 1 atom stereocenters. The number of halogens is 2. The van der Waals surface area contributed by atoms with Crippen LogP contribution >= 0.6 is 0 Å². The minimum Gasteiger partial charge on any atom is -0.455 e. The Bertz CT molecular complexity index is 2110. The Balaban J connectivity index is 1.64. The van der Waals surface area contributed by atoms with E-state index in [0.29, 0.717) is 44.8 Å². The van der Waals surface area contributed by atoms with Gasteiger partial charge in [0, 0.05) is 41.4 Å². The number of sulfonamides is 1. The van der Waals surface area contributed by atoms with Crippen LogP contribution < -0.4 is 9.62 Å². The largest absolute Gasteiger partial charge is 0.455 e. The number of aromatic nitrogens is 2. The number of hydrogen-bond donors (Lipinski definition) is 1. The number of hydrogen-bond acceptors (Lipinski definition) is 7. The highest BCUT2D eigenvalue weighted by molar-refractivity contribution is 7.92. The summed E-state index contributed by atoms with van der Waals surface area (Å²) in [5.41, 5.74) is 3.38. The smallest absolute Gasteiger partial charge is 0.255 e. The number of amides is 1. The van der Waals surface area contributed by atoms with Crippen molar-refractivity contribution in [3.05, 3.63) is 90.4 Å². The monoisotopic (exact) mass is 616 g/mol. The number of furan rings is 1. The number of nitrogens with zero attached hydrogens (tertiary/aromatic N) is 3. The van der Waals surface area contributed by atoms with Crippen LogP contribution in [0.15, 0.2) is 87.8 Å². The molecule has 3 heterocycles. The lowest BCUT2D eigenvalue weighted by Crippen LogP contribution is -2.39. The Morgan fingerprint density at radius 3 is 2.41 bits per heavy atom. The van der Waals surface area contributed by atoms with Crippen molar-refractivity contribution in [2.75, 3.05) is 24.3 Å². The van der Waals surface area contributed by atoms with Gasteiger partial charge in [0.25, 0.3) is 5.91 Å². The number of fused-ring (bicyclic) bond motifs is 2. The van der Waals surface area contributed by atoms with Gasteiger partial charge < -0.3 is 14.2 Å². The van der Waals surface area contributed by atoms with Crippen molar-refractivity contribution in [2.45, 2.75) is 13.0 Å². The first-order valence-electron chi connectivity index (χ1n) is 13.6. The van der Waals surface area contributed by atoms with Crippen LogP contribution in [0.1, 0.15) is 17.3 Å². The highest BCUT2D eigenvalue weighted by Gasteiger charge is 2.30.